The van der Waals surface area contributed by atoms with E-state index in [1.54, 1.807) is 0 Å². The van der Waals surface area contributed by atoms with Gasteiger partial charge in [-0.1, -0.05) is 15.9 Å². The van der Waals surface area contributed by atoms with Gasteiger partial charge >= 0.3 is 6.18 Å². The van der Waals surface area contributed by atoms with Crippen LogP contribution in [0.15, 0.2) is 22.7 Å². The van der Waals surface area contributed by atoms with Crippen molar-refractivity contribution in [2.24, 2.45) is 0 Å². The molecule has 0 radical (unpaired) electrons. The highest BCUT2D eigenvalue weighted by molar-refractivity contribution is 9.10. The van der Waals surface area contributed by atoms with Crippen LogP contribution in [0.25, 0.3) is 10.9 Å². The monoisotopic (exact) mass is 407 g/mol. The largest absolute Gasteiger partial charge is 0.433 e. The number of amides is 1. The Labute approximate surface area is 143 Å². The molecule has 2 aromatic rings. The molecule has 0 fully saturated rings. The number of carbonyl (C=O) groups excluding carboxylic acids is 1. The maximum atomic E-state index is 14.0. The number of rotatable bonds is 5. The van der Waals surface area contributed by atoms with E-state index in [0.29, 0.717) is 24.0 Å². The average molecular weight is 408 g/mol. The molecule has 2 N–H and O–H groups in total. The number of fused-ring (bicyclic) bond motifs is 1. The van der Waals surface area contributed by atoms with Crippen molar-refractivity contribution < 1.29 is 22.4 Å². The zero-order valence-electron chi connectivity index (χ0n) is 12.6. The zero-order valence-corrected chi connectivity index (χ0v) is 14.2. The molecule has 0 aliphatic carbocycles. The molecule has 0 aliphatic heterocycles. The lowest BCUT2D eigenvalue weighted by molar-refractivity contribution is -0.140. The molecular formula is C15H14BrF4N3O. The van der Waals surface area contributed by atoms with Gasteiger partial charge in [-0.25, -0.2) is 9.37 Å². The number of hydrogen-bond donors (Lipinski definition) is 2. The molecule has 4 nitrogen and oxygen atoms in total. The number of benzene rings is 1. The van der Waals surface area contributed by atoms with Crippen LogP contribution in [0, 0.1) is 5.82 Å². The molecular weight excluding hydrogens is 394 g/mol. The third-order valence-electron chi connectivity index (χ3n) is 3.17. The highest BCUT2D eigenvalue weighted by atomic mass is 79.9. The molecule has 0 unspecified atom stereocenters. The van der Waals surface area contributed by atoms with Crippen LogP contribution in [0.5, 0.6) is 0 Å². The molecule has 1 aromatic heterocycles. The van der Waals surface area contributed by atoms with Gasteiger partial charge in [-0.3, -0.25) is 4.79 Å². The first-order valence-electron chi connectivity index (χ1n) is 7.04. The van der Waals surface area contributed by atoms with Crippen molar-refractivity contribution >= 4 is 38.4 Å². The summed E-state index contributed by atoms with van der Waals surface area (Å²) in [6.07, 6.45) is -4.18. The summed E-state index contributed by atoms with van der Waals surface area (Å²) in [6.45, 7) is 2.07. The van der Waals surface area contributed by atoms with Gasteiger partial charge < -0.3 is 10.6 Å². The summed E-state index contributed by atoms with van der Waals surface area (Å²) >= 11 is 3.12. The number of nitrogens with zero attached hydrogens (tertiary/aromatic N) is 1. The van der Waals surface area contributed by atoms with E-state index in [0.717, 1.165) is 12.1 Å². The van der Waals surface area contributed by atoms with Gasteiger partial charge in [0.25, 0.3) is 0 Å². The number of anilines is 1. The number of carbonyl (C=O) groups is 1. The third kappa shape index (κ3) is 4.56. The maximum Gasteiger partial charge on any atom is 0.433 e. The van der Waals surface area contributed by atoms with E-state index < -0.39 is 17.7 Å². The summed E-state index contributed by atoms with van der Waals surface area (Å²) in [4.78, 5) is 14.2. The Morgan fingerprint density at radius 1 is 1.25 bits per heavy atom. The summed E-state index contributed by atoms with van der Waals surface area (Å²) in [6, 6.07) is 3.42. The predicted molar refractivity (Wildman–Crippen MR) is 86.2 cm³/mol. The molecule has 1 heterocycles. The minimum Gasteiger partial charge on any atom is -0.384 e. The van der Waals surface area contributed by atoms with Crippen LogP contribution in [-0.2, 0) is 11.0 Å². The number of halogens is 5. The van der Waals surface area contributed by atoms with Crippen molar-refractivity contribution in [3.8, 4) is 0 Å². The minimum absolute atomic E-state index is 0.135. The van der Waals surface area contributed by atoms with E-state index in [4.69, 9.17) is 0 Å². The number of hydrogen-bond acceptors (Lipinski definition) is 3. The van der Waals surface area contributed by atoms with E-state index >= 15 is 0 Å². The van der Waals surface area contributed by atoms with Crippen LogP contribution in [0.3, 0.4) is 0 Å². The van der Waals surface area contributed by atoms with Gasteiger partial charge in [0.15, 0.2) is 5.82 Å². The van der Waals surface area contributed by atoms with E-state index in [2.05, 4.69) is 31.5 Å². The van der Waals surface area contributed by atoms with Gasteiger partial charge in [0.1, 0.15) is 11.2 Å². The Hall–Kier alpha value is -1.90. The van der Waals surface area contributed by atoms with Crippen molar-refractivity contribution in [1.82, 2.24) is 10.3 Å². The molecule has 0 spiro atoms. The highest BCUT2D eigenvalue weighted by Gasteiger charge is 2.33. The number of aromatic nitrogens is 1. The summed E-state index contributed by atoms with van der Waals surface area (Å²) < 4.78 is 53.3. The number of nitrogens with one attached hydrogen (secondary N) is 2. The molecule has 9 heteroatoms. The fourth-order valence-electron chi connectivity index (χ4n) is 2.12. The third-order valence-corrected chi connectivity index (χ3v) is 3.62. The van der Waals surface area contributed by atoms with Crippen LogP contribution in [0.2, 0.25) is 0 Å². The first kappa shape index (κ1) is 18.4. The molecule has 2 rings (SSSR count). The minimum atomic E-state index is -4.68. The Morgan fingerprint density at radius 3 is 2.58 bits per heavy atom. The van der Waals surface area contributed by atoms with Gasteiger partial charge in [-0.2, -0.15) is 13.2 Å². The first-order chi connectivity index (χ1) is 11.2. The van der Waals surface area contributed by atoms with Crippen LogP contribution in [-0.4, -0.2) is 24.0 Å². The predicted octanol–water partition coefficient (Wildman–Crippen LogP) is 4.09. The zero-order chi connectivity index (χ0) is 17.9. The lowest BCUT2D eigenvalue weighted by Crippen LogP contribution is -2.22. The number of alkyl halides is 3. The van der Waals surface area contributed by atoms with E-state index in [9.17, 15) is 22.4 Å². The molecule has 0 saturated heterocycles. The van der Waals surface area contributed by atoms with Crippen molar-refractivity contribution in [2.75, 3.05) is 18.4 Å². The molecule has 0 bridgehead atoms. The van der Waals surface area contributed by atoms with Crippen LogP contribution >= 0.6 is 15.9 Å². The summed E-state index contributed by atoms with van der Waals surface area (Å²) in [5, 5.41) is 5.68. The fraction of sp³-hybridized carbons (Fsp3) is 0.333. The topological polar surface area (TPSA) is 54.0 Å². The van der Waals surface area contributed by atoms with Crippen molar-refractivity contribution in [3.05, 3.63) is 34.2 Å². The Morgan fingerprint density at radius 2 is 1.96 bits per heavy atom. The van der Waals surface area contributed by atoms with Gasteiger partial charge in [-0.05, 0) is 24.6 Å². The number of pyridine rings is 1. The molecule has 0 atom stereocenters. The first-order valence-corrected chi connectivity index (χ1v) is 7.83. The smallest absolute Gasteiger partial charge is 0.384 e. The lowest BCUT2D eigenvalue weighted by atomic mass is 10.1. The van der Waals surface area contributed by atoms with Gasteiger partial charge in [0.2, 0.25) is 5.91 Å². The molecule has 0 aliphatic rings. The second kappa shape index (κ2) is 7.33. The van der Waals surface area contributed by atoms with Gasteiger partial charge in [-0.15, -0.1) is 0 Å². The van der Waals surface area contributed by atoms with Crippen LogP contribution in [0.4, 0.5) is 23.2 Å². The van der Waals surface area contributed by atoms with Gasteiger partial charge in [0, 0.05) is 35.6 Å². The second-order valence-corrected chi connectivity index (χ2v) is 6.02. The van der Waals surface area contributed by atoms with Crippen molar-refractivity contribution in [3.63, 3.8) is 0 Å². The van der Waals surface area contributed by atoms with Crippen molar-refractivity contribution in [2.45, 2.75) is 19.5 Å². The fourth-order valence-corrected chi connectivity index (χ4v) is 2.55. The Kier molecular flexibility index (Phi) is 5.63. The van der Waals surface area contributed by atoms with Crippen molar-refractivity contribution in [1.29, 1.82) is 0 Å². The summed E-state index contributed by atoms with van der Waals surface area (Å²) in [5.41, 5.74) is -1.38. The molecule has 1 aromatic carbocycles. The van der Waals surface area contributed by atoms with E-state index in [1.165, 1.54) is 13.0 Å². The Balaban J connectivity index is 2.33. The van der Waals surface area contributed by atoms with E-state index in [-0.39, 0.29) is 22.5 Å². The lowest BCUT2D eigenvalue weighted by Gasteiger charge is -2.14. The SMILES string of the molecule is CC(=O)NCCCNc1cc(C(F)(F)F)nc2c(F)cc(Br)cc12. The second-order valence-electron chi connectivity index (χ2n) is 5.10. The summed E-state index contributed by atoms with van der Waals surface area (Å²) in [5.74, 6) is -1.03. The van der Waals surface area contributed by atoms with Gasteiger partial charge in [0.05, 0.1) is 0 Å². The van der Waals surface area contributed by atoms with Crippen LogP contribution in [0.1, 0.15) is 19.0 Å². The van der Waals surface area contributed by atoms with Crippen LogP contribution < -0.4 is 10.6 Å². The highest BCUT2D eigenvalue weighted by Crippen LogP contribution is 2.35. The van der Waals surface area contributed by atoms with E-state index in [1.807, 2.05) is 0 Å². The maximum absolute atomic E-state index is 14.0. The Bertz CT molecular complexity index is 764. The molecule has 130 valence electrons. The normalized spacial score (nSPS) is 11.6. The standard InChI is InChI=1S/C15H14BrF4N3O/c1-8(24)21-3-2-4-22-12-7-13(15(18,19)20)23-14-10(12)5-9(16)6-11(14)17/h5-7H,2-4H2,1H3,(H,21,24)(H,22,23). The molecule has 0 saturated carbocycles. The molecule has 1 amide bonds. The quantitative estimate of drug-likeness (QED) is 0.579. The average Bonchev–Trinajstić information content (AvgIpc) is 2.45. The molecule has 24 heavy (non-hydrogen) atoms. The summed E-state index contributed by atoms with van der Waals surface area (Å²) in [7, 11) is 0.